The molecular weight excluding hydrogens is 427 g/mol. The number of carbonyl (C=O) groups excluding carboxylic acids is 1. The second-order valence-electron chi connectivity index (χ2n) is 7.86. The maximum Gasteiger partial charge on any atom is 0.422 e. The number of benzene rings is 2. The van der Waals surface area contributed by atoms with E-state index in [1.54, 1.807) is 0 Å². The molecule has 2 aromatic rings. The van der Waals surface area contributed by atoms with Crippen LogP contribution in [0.3, 0.4) is 0 Å². The molecule has 0 saturated heterocycles. The van der Waals surface area contributed by atoms with Crippen molar-refractivity contribution in [3.8, 4) is 5.75 Å². The summed E-state index contributed by atoms with van der Waals surface area (Å²) < 4.78 is 41.7. The molecule has 0 bridgehead atoms. The zero-order valence-electron chi connectivity index (χ0n) is 17.7. The molecule has 1 amide bonds. The van der Waals surface area contributed by atoms with E-state index in [2.05, 4.69) is 21.0 Å². The third-order valence-corrected chi connectivity index (χ3v) is 5.29. The summed E-state index contributed by atoms with van der Waals surface area (Å²) in [5.41, 5.74) is 3.42. The van der Waals surface area contributed by atoms with E-state index in [1.807, 2.05) is 19.1 Å². The third-order valence-electron chi connectivity index (χ3n) is 5.29. The number of nitro groups is 1. The van der Waals surface area contributed by atoms with Gasteiger partial charge in [0, 0.05) is 32.1 Å². The van der Waals surface area contributed by atoms with Gasteiger partial charge in [-0.05, 0) is 42.2 Å². The summed E-state index contributed by atoms with van der Waals surface area (Å²) in [4.78, 5) is 24.2. The summed E-state index contributed by atoms with van der Waals surface area (Å²) in [5, 5.41) is 14.3. The minimum absolute atomic E-state index is 0.0992. The smallest absolute Gasteiger partial charge is 0.422 e. The lowest BCUT2D eigenvalue weighted by Gasteiger charge is -2.29. The Morgan fingerprint density at radius 2 is 2.00 bits per heavy atom. The first-order valence-electron chi connectivity index (χ1n) is 10.1. The first-order valence-corrected chi connectivity index (χ1v) is 10.1. The monoisotopic (exact) mass is 451 g/mol. The van der Waals surface area contributed by atoms with Crippen LogP contribution in [0.15, 0.2) is 36.4 Å². The highest BCUT2D eigenvalue weighted by Gasteiger charge is 2.29. The fourth-order valence-corrected chi connectivity index (χ4v) is 3.77. The fraction of sp³-hybridized carbons (Fsp3) is 0.409. The molecule has 0 radical (unpaired) electrons. The topological polar surface area (TPSA) is 84.7 Å². The number of alkyl halides is 3. The van der Waals surface area contributed by atoms with Crippen molar-refractivity contribution < 1.29 is 27.6 Å². The molecule has 0 aromatic heterocycles. The molecule has 32 heavy (non-hydrogen) atoms. The number of hydrogen-bond acceptors (Lipinski definition) is 5. The van der Waals surface area contributed by atoms with E-state index in [0.717, 1.165) is 23.6 Å². The molecule has 1 N–H and O–H groups in total. The molecule has 2 aromatic carbocycles. The Bertz CT molecular complexity index is 1010. The van der Waals surface area contributed by atoms with Crippen LogP contribution in [0.2, 0.25) is 0 Å². The summed E-state index contributed by atoms with van der Waals surface area (Å²) in [5.74, 6) is -0.291. The molecule has 1 aliphatic rings. The summed E-state index contributed by atoms with van der Waals surface area (Å²) in [6, 6.07) is 9.73. The molecule has 0 aliphatic carbocycles. The Morgan fingerprint density at radius 3 is 2.66 bits per heavy atom. The van der Waals surface area contributed by atoms with Crippen molar-refractivity contribution in [2.45, 2.75) is 45.6 Å². The van der Waals surface area contributed by atoms with E-state index in [4.69, 9.17) is 0 Å². The van der Waals surface area contributed by atoms with Crippen molar-refractivity contribution in [2.75, 3.05) is 13.2 Å². The van der Waals surface area contributed by atoms with E-state index in [0.29, 0.717) is 25.2 Å². The standard InChI is InChI=1S/C22H24F3N3O4/c1-14(26-15(2)29)16-3-4-18-11-27(8-7-17(18)9-16)12-19-5-6-20(10-21(19)28(30)31)32-13-22(23,24)25/h3-6,9-10,14H,7-8,11-13H2,1-2H3,(H,26,29). The Labute approximate surface area is 183 Å². The average molecular weight is 451 g/mol. The first-order chi connectivity index (χ1) is 15.0. The second kappa shape index (κ2) is 9.56. The average Bonchev–Trinajstić information content (AvgIpc) is 2.71. The van der Waals surface area contributed by atoms with Crippen LogP contribution in [0.25, 0.3) is 0 Å². The predicted molar refractivity (Wildman–Crippen MR) is 111 cm³/mol. The van der Waals surface area contributed by atoms with E-state index in [-0.39, 0.29) is 23.4 Å². The van der Waals surface area contributed by atoms with Crippen LogP contribution in [-0.4, -0.2) is 35.1 Å². The Kier molecular flexibility index (Phi) is 7.02. The van der Waals surface area contributed by atoms with Gasteiger partial charge in [-0.1, -0.05) is 18.2 Å². The summed E-state index contributed by atoms with van der Waals surface area (Å²) in [6.07, 6.45) is -3.77. The highest BCUT2D eigenvalue weighted by atomic mass is 19.4. The number of rotatable bonds is 7. The molecule has 7 nitrogen and oxygen atoms in total. The number of nitrogens with one attached hydrogen (secondary N) is 1. The lowest BCUT2D eigenvalue weighted by Crippen LogP contribution is -2.30. The minimum atomic E-state index is -4.52. The van der Waals surface area contributed by atoms with Crippen molar-refractivity contribution in [1.82, 2.24) is 10.2 Å². The van der Waals surface area contributed by atoms with Crippen molar-refractivity contribution in [1.29, 1.82) is 0 Å². The normalized spacial score (nSPS) is 15.0. The second-order valence-corrected chi connectivity index (χ2v) is 7.86. The highest BCUT2D eigenvalue weighted by molar-refractivity contribution is 5.73. The molecular formula is C22H24F3N3O4. The van der Waals surface area contributed by atoms with Gasteiger partial charge in [-0.25, -0.2) is 0 Å². The number of nitrogens with zero attached hydrogens (tertiary/aromatic N) is 2. The number of carbonyl (C=O) groups is 1. The molecule has 1 unspecified atom stereocenters. The number of amides is 1. The molecule has 1 atom stereocenters. The third kappa shape index (κ3) is 6.19. The number of halogens is 3. The Morgan fingerprint density at radius 1 is 1.25 bits per heavy atom. The van der Waals surface area contributed by atoms with E-state index >= 15 is 0 Å². The van der Waals surface area contributed by atoms with Crippen LogP contribution in [0.4, 0.5) is 18.9 Å². The van der Waals surface area contributed by atoms with Gasteiger partial charge in [0.25, 0.3) is 5.69 Å². The van der Waals surface area contributed by atoms with Gasteiger partial charge in [0.15, 0.2) is 6.61 Å². The molecule has 10 heteroatoms. The number of ether oxygens (including phenoxy) is 1. The molecule has 1 heterocycles. The SMILES string of the molecule is CC(=O)NC(C)c1ccc2c(c1)CCN(Cc1ccc(OCC(F)(F)F)cc1[N+](=O)[O-])C2. The lowest BCUT2D eigenvalue weighted by molar-refractivity contribution is -0.385. The van der Waals surface area contributed by atoms with Gasteiger partial charge < -0.3 is 10.1 Å². The highest BCUT2D eigenvalue weighted by Crippen LogP contribution is 2.30. The van der Waals surface area contributed by atoms with Crippen LogP contribution in [-0.2, 0) is 24.3 Å². The van der Waals surface area contributed by atoms with Gasteiger partial charge in [-0.15, -0.1) is 0 Å². The van der Waals surface area contributed by atoms with E-state index < -0.39 is 17.7 Å². The van der Waals surface area contributed by atoms with Gasteiger partial charge in [-0.2, -0.15) is 13.2 Å². The quantitative estimate of drug-likeness (QED) is 0.502. The molecule has 0 fully saturated rings. The van der Waals surface area contributed by atoms with Crippen molar-refractivity contribution in [2.24, 2.45) is 0 Å². The van der Waals surface area contributed by atoms with Crippen molar-refractivity contribution in [3.05, 3.63) is 68.8 Å². The van der Waals surface area contributed by atoms with Crippen molar-refractivity contribution in [3.63, 3.8) is 0 Å². The van der Waals surface area contributed by atoms with Crippen LogP contribution in [0.1, 0.15) is 42.1 Å². The van der Waals surface area contributed by atoms with E-state index in [1.165, 1.54) is 24.6 Å². The summed E-state index contributed by atoms with van der Waals surface area (Å²) in [7, 11) is 0. The van der Waals surface area contributed by atoms with Crippen LogP contribution in [0.5, 0.6) is 5.75 Å². The number of hydrogen-bond donors (Lipinski definition) is 1. The van der Waals surface area contributed by atoms with Gasteiger partial charge in [0.05, 0.1) is 17.0 Å². The Balaban J connectivity index is 1.71. The first kappa shape index (κ1) is 23.5. The molecule has 172 valence electrons. The van der Waals surface area contributed by atoms with Gasteiger partial charge in [0.1, 0.15) is 5.75 Å². The minimum Gasteiger partial charge on any atom is -0.484 e. The van der Waals surface area contributed by atoms with Crippen molar-refractivity contribution >= 4 is 11.6 Å². The maximum atomic E-state index is 12.4. The molecule has 3 rings (SSSR count). The summed E-state index contributed by atoms with van der Waals surface area (Å²) in [6.45, 7) is 3.44. The number of nitro benzene ring substituents is 1. The Hall–Kier alpha value is -3.14. The predicted octanol–water partition coefficient (Wildman–Crippen LogP) is 4.29. The zero-order chi connectivity index (χ0) is 23.5. The van der Waals surface area contributed by atoms with Gasteiger partial charge in [-0.3, -0.25) is 19.8 Å². The van der Waals surface area contributed by atoms with Crippen LogP contribution < -0.4 is 10.1 Å². The largest absolute Gasteiger partial charge is 0.484 e. The lowest BCUT2D eigenvalue weighted by atomic mass is 9.94. The van der Waals surface area contributed by atoms with Crippen LogP contribution in [0, 0.1) is 10.1 Å². The number of fused-ring (bicyclic) bond motifs is 1. The zero-order valence-corrected chi connectivity index (χ0v) is 17.7. The fourth-order valence-electron chi connectivity index (χ4n) is 3.77. The van der Waals surface area contributed by atoms with Crippen LogP contribution >= 0.6 is 0 Å². The van der Waals surface area contributed by atoms with E-state index in [9.17, 15) is 28.1 Å². The maximum absolute atomic E-state index is 12.4. The molecule has 0 spiro atoms. The summed E-state index contributed by atoms with van der Waals surface area (Å²) >= 11 is 0. The van der Waals surface area contributed by atoms with Gasteiger partial charge in [0.2, 0.25) is 5.91 Å². The van der Waals surface area contributed by atoms with Gasteiger partial charge >= 0.3 is 6.18 Å². The molecule has 1 aliphatic heterocycles. The molecule has 0 saturated carbocycles.